The zero-order valence-electron chi connectivity index (χ0n) is 8.25. The van der Waals surface area contributed by atoms with E-state index in [4.69, 9.17) is 5.11 Å². The van der Waals surface area contributed by atoms with Crippen LogP contribution < -0.4 is 0 Å². The molecule has 0 unspecified atom stereocenters. The summed E-state index contributed by atoms with van der Waals surface area (Å²) >= 11 is 0. The quantitative estimate of drug-likeness (QED) is 0.607. The molecule has 0 saturated heterocycles. The van der Waals surface area contributed by atoms with Crippen LogP contribution in [0.3, 0.4) is 0 Å². The zero-order chi connectivity index (χ0) is 11.9. The molecule has 2 aromatic heterocycles. The van der Waals surface area contributed by atoms with Crippen molar-refractivity contribution in [3.05, 3.63) is 39.7 Å². The van der Waals surface area contributed by atoms with Gasteiger partial charge in [-0.2, -0.15) is 9.38 Å². The second-order valence-corrected chi connectivity index (χ2v) is 3.28. The number of hydrogen-bond donors (Lipinski definition) is 1. The summed E-state index contributed by atoms with van der Waals surface area (Å²) in [5.74, 6) is -1.93. The molecule has 82 valence electrons. The third-order valence-corrected chi connectivity index (χ3v) is 2.13. The van der Waals surface area contributed by atoms with E-state index in [9.17, 15) is 14.9 Å². The van der Waals surface area contributed by atoms with E-state index in [1.54, 1.807) is 19.1 Å². The summed E-state index contributed by atoms with van der Waals surface area (Å²) < 4.78 is 1.15. The molecule has 0 saturated carbocycles. The number of rotatable bonds is 2. The van der Waals surface area contributed by atoms with Gasteiger partial charge in [-0.15, -0.1) is 0 Å². The molecule has 7 nitrogen and oxygen atoms in total. The van der Waals surface area contributed by atoms with Crippen LogP contribution in [-0.4, -0.2) is 25.4 Å². The first-order chi connectivity index (χ1) is 7.50. The molecule has 0 fully saturated rings. The lowest BCUT2D eigenvalue weighted by Gasteiger charge is -1.94. The number of hydrogen-bond acceptors (Lipinski definition) is 4. The number of pyridine rings is 1. The molecule has 7 heteroatoms. The summed E-state index contributed by atoms with van der Waals surface area (Å²) in [6.07, 6.45) is 1.43. The third kappa shape index (κ3) is 1.38. The maximum absolute atomic E-state index is 10.8. The Morgan fingerprint density at radius 3 is 2.88 bits per heavy atom. The SMILES string of the molecule is Cc1ccn2c([N+](=O)[O-])c(C(=O)O)nc2c1. The number of carbonyl (C=O) groups is 1. The van der Waals surface area contributed by atoms with Crippen LogP contribution in [0, 0.1) is 17.0 Å². The molecule has 0 aromatic carbocycles. The fourth-order valence-corrected chi connectivity index (χ4v) is 1.45. The van der Waals surface area contributed by atoms with Crippen molar-refractivity contribution in [2.45, 2.75) is 6.92 Å². The van der Waals surface area contributed by atoms with Gasteiger partial charge in [0.15, 0.2) is 0 Å². The minimum Gasteiger partial charge on any atom is -0.476 e. The monoisotopic (exact) mass is 221 g/mol. The average Bonchev–Trinajstić information content (AvgIpc) is 2.55. The fraction of sp³-hybridized carbons (Fsp3) is 0.111. The van der Waals surface area contributed by atoms with Crippen molar-refractivity contribution in [1.29, 1.82) is 0 Å². The normalized spacial score (nSPS) is 10.6. The van der Waals surface area contributed by atoms with Crippen LogP contribution in [0.25, 0.3) is 5.65 Å². The highest BCUT2D eigenvalue weighted by molar-refractivity contribution is 5.90. The molecule has 0 spiro atoms. The molecule has 0 bridgehead atoms. The van der Waals surface area contributed by atoms with Crippen molar-refractivity contribution in [2.75, 3.05) is 0 Å². The first-order valence-electron chi connectivity index (χ1n) is 4.37. The van der Waals surface area contributed by atoms with E-state index in [1.165, 1.54) is 6.20 Å². The molecule has 16 heavy (non-hydrogen) atoms. The minimum atomic E-state index is -1.41. The third-order valence-electron chi connectivity index (χ3n) is 2.13. The predicted octanol–water partition coefficient (Wildman–Crippen LogP) is 1.25. The second-order valence-electron chi connectivity index (χ2n) is 3.28. The van der Waals surface area contributed by atoms with Gasteiger partial charge in [-0.25, -0.2) is 4.79 Å². The van der Waals surface area contributed by atoms with Crippen molar-refractivity contribution in [3.63, 3.8) is 0 Å². The molecule has 0 aliphatic rings. The summed E-state index contributed by atoms with van der Waals surface area (Å²) in [7, 11) is 0. The van der Waals surface area contributed by atoms with Gasteiger partial charge in [-0.1, -0.05) is 0 Å². The number of carboxylic acids is 1. The van der Waals surface area contributed by atoms with Crippen molar-refractivity contribution in [3.8, 4) is 0 Å². The fourth-order valence-electron chi connectivity index (χ4n) is 1.45. The van der Waals surface area contributed by atoms with E-state index >= 15 is 0 Å². The minimum absolute atomic E-state index is 0.254. The first kappa shape index (κ1) is 10.1. The average molecular weight is 221 g/mol. The van der Waals surface area contributed by atoms with E-state index < -0.39 is 22.4 Å². The topological polar surface area (TPSA) is 97.7 Å². The van der Waals surface area contributed by atoms with Crippen LogP contribution in [0.1, 0.15) is 16.1 Å². The molecule has 2 heterocycles. The molecule has 2 aromatic rings. The van der Waals surface area contributed by atoms with Crippen molar-refractivity contribution in [2.24, 2.45) is 0 Å². The Morgan fingerprint density at radius 1 is 1.62 bits per heavy atom. The summed E-state index contributed by atoms with van der Waals surface area (Å²) in [4.78, 5) is 24.5. The van der Waals surface area contributed by atoms with Gasteiger partial charge in [0.1, 0.15) is 0 Å². The molecule has 1 N–H and O–H groups in total. The Morgan fingerprint density at radius 2 is 2.31 bits per heavy atom. The maximum Gasteiger partial charge on any atom is 0.363 e. The standard InChI is InChI=1S/C9H7N3O4/c1-5-2-3-11-6(4-5)10-7(9(13)14)8(11)12(15)16/h2-4H,1H3,(H,13,14). The van der Waals surface area contributed by atoms with E-state index in [0.717, 1.165) is 9.96 Å². The highest BCUT2D eigenvalue weighted by Gasteiger charge is 2.27. The maximum atomic E-state index is 10.8. The van der Waals surface area contributed by atoms with E-state index in [1.807, 2.05) is 0 Å². The number of aromatic carboxylic acids is 1. The van der Waals surface area contributed by atoms with Gasteiger partial charge in [-0.05, 0) is 23.5 Å². The van der Waals surface area contributed by atoms with E-state index in [0.29, 0.717) is 0 Å². The van der Waals surface area contributed by atoms with Crippen LogP contribution in [0.5, 0.6) is 0 Å². The second kappa shape index (κ2) is 3.30. The molecule has 0 radical (unpaired) electrons. The first-order valence-corrected chi connectivity index (χ1v) is 4.37. The lowest BCUT2D eigenvalue weighted by atomic mass is 10.3. The van der Waals surface area contributed by atoms with Gasteiger partial charge < -0.3 is 15.2 Å². The number of carboxylic acid groups (broad SMARTS) is 1. The van der Waals surface area contributed by atoms with Crippen molar-refractivity contribution >= 4 is 17.4 Å². The van der Waals surface area contributed by atoms with Crippen LogP contribution in [0.15, 0.2) is 18.3 Å². The molecule has 0 aliphatic heterocycles. The number of nitrogens with zero attached hydrogens (tertiary/aromatic N) is 3. The smallest absolute Gasteiger partial charge is 0.363 e. The highest BCUT2D eigenvalue weighted by atomic mass is 16.6. The van der Waals surface area contributed by atoms with E-state index in [2.05, 4.69) is 4.98 Å². The van der Waals surface area contributed by atoms with Gasteiger partial charge >= 0.3 is 11.8 Å². The largest absolute Gasteiger partial charge is 0.476 e. The van der Waals surface area contributed by atoms with Crippen molar-refractivity contribution < 1.29 is 14.8 Å². The molecule has 0 aliphatic carbocycles. The van der Waals surface area contributed by atoms with Gasteiger partial charge in [0, 0.05) is 6.07 Å². The number of aryl methyl sites for hydroxylation is 1. The molecule has 2 rings (SSSR count). The summed E-state index contributed by atoms with van der Waals surface area (Å²) in [6.45, 7) is 1.79. The zero-order valence-corrected chi connectivity index (χ0v) is 8.25. The van der Waals surface area contributed by atoms with Gasteiger partial charge in [0.25, 0.3) is 0 Å². The molecular formula is C9H7N3O4. The lowest BCUT2D eigenvalue weighted by Crippen LogP contribution is -2.03. The van der Waals surface area contributed by atoms with Gasteiger partial charge in [-0.3, -0.25) is 0 Å². The van der Waals surface area contributed by atoms with Gasteiger partial charge in [0.2, 0.25) is 11.3 Å². The number of fused-ring (bicyclic) bond motifs is 1. The van der Waals surface area contributed by atoms with Crippen LogP contribution in [0.4, 0.5) is 5.82 Å². The number of imidazole rings is 1. The number of aromatic nitrogens is 2. The molecule has 0 atom stereocenters. The highest BCUT2D eigenvalue weighted by Crippen LogP contribution is 2.21. The Balaban J connectivity index is 2.86. The Hall–Kier alpha value is -2.44. The summed E-state index contributed by atoms with van der Waals surface area (Å²) in [5, 5.41) is 19.6. The molecule has 0 amide bonds. The summed E-state index contributed by atoms with van der Waals surface area (Å²) in [5.41, 5.74) is 0.559. The van der Waals surface area contributed by atoms with Crippen molar-refractivity contribution in [1.82, 2.24) is 9.38 Å². The van der Waals surface area contributed by atoms with Crippen LogP contribution >= 0.6 is 0 Å². The number of nitro groups is 1. The Bertz CT molecular complexity index is 602. The summed E-state index contributed by atoms with van der Waals surface area (Å²) in [6, 6.07) is 3.23. The van der Waals surface area contributed by atoms with Gasteiger partial charge in [0.05, 0.1) is 6.20 Å². The predicted molar refractivity (Wildman–Crippen MR) is 53.5 cm³/mol. The Kier molecular flexibility index (Phi) is 2.08. The van der Waals surface area contributed by atoms with Crippen LogP contribution in [0.2, 0.25) is 0 Å². The molecular weight excluding hydrogens is 214 g/mol. The van der Waals surface area contributed by atoms with Crippen LogP contribution in [-0.2, 0) is 0 Å². The Labute approximate surface area is 89.1 Å². The van der Waals surface area contributed by atoms with E-state index in [-0.39, 0.29) is 5.65 Å². The lowest BCUT2D eigenvalue weighted by molar-refractivity contribution is -0.390.